The number of anilines is 1. The Balaban J connectivity index is 1.64. The largest absolute Gasteiger partial charge is 0.372 e. The topological polar surface area (TPSA) is 46.3 Å². The monoisotopic (exact) mass is 399 g/mol. The Bertz CT molecular complexity index is 870. The zero-order chi connectivity index (χ0) is 19.1. The van der Waals surface area contributed by atoms with Gasteiger partial charge < -0.3 is 4.90 Å². The molecule has 0 spiro atoms. The van der Waals surface area contributed by atoms with Gasteiger partial charge in [-0.05, 0) is 49.2 Å². The van der Waals surface area contributed by atoms with Crippen LogP contribution in [0.15, 0.2) is 65.1 Å². The highest BCUT2D eigenvalue weighted by atomic mass is 35.5. The van der Waals surface area contributed by atoms with Gasteiger partial charge in [-0.15, -0.1) is 10.2 Å². The summed E-state index contributed by atoms with van der Waals surface area (Å²) in [6.45, 7) is 6.32. The molecule has 7 heteroatoms. The van der Waals surface area contributed by atoms with E-state index in [-0.39, 0.29) is 0 Å². The van der Waals surface area contributed by atoms with Crippen molar-refractivity contribution in [1.29, 1.82) is 0 Å². The summed E-state index contributed by atoms with van der Waals surface area (Å²) in [4.78, 5) is 2.31. The van der Waals surface area contributed by atoms with E-state index in [4.69, 9.17) is 11.6 Å². The lowest BCUT2D eigenvalue weighted by Gasteiger charge is -2.20. The number of thioether (sulfide) groups is 1. The number of hydrogen-bond donors (Lipinski definition) is 0. The average molecular weight is 400 g/mol. The second-order valence-electron chi connectivity index (χ2n) is 5.88. The Kier molecular flexibility index (Phi) is 6.90. The highest BCUT2D eigenvalue weighted by Crippen LogP contribution is 2.21. The van der Waals surface area contributed by atoms with Gasteiger partial charge in [-0.2, -0.15) is 9.78 Å². The molecule has 3 rings (SSSR count). The van der Waals surface area contributed by atoms with Crippen LogP contribution in [0, 0.1) is 0 Å². The Labute approximate surface area is 169 Å². The van der Waals surface area contributed by atoms with Crippen LogP contribution in [0.25, 0.3) is 0 Å². The maximum atomic E-state index is 5.92. The fourth-order valence-electron chi connectivity index (χ4n) is 2.61. The smallest absolute Gasteiger partial charge is 0.212 e. The van der Waals surface area contributed by atoms with Gasteiger partial charge in [0.15, 0.2) is 0 Å². The molecule has 0 saturated carbocycles. The summed E-state index contributed by atoms with van der Waals surface area (Å²) in [6, 6.07) is 16.2. The first kappa shape index (κ1) is 19.5. The number of nitrogens with zero attached hydrogens (tertiary/aromatic N) is 5. The molecule has 27 heavy (non-hydrogen) atoms. The van der Waals surface area contributed by atoms with E-state index in [1.165, 1.54) is 11.3 Å². The summed E-state index contributed by atoms with van der Waals surface area (Å²) in [5.41, 5.74) is 3.43. The molecule has 0 atom stereocenters. The number of benzene rings is 2. The average Bonchev–Trinajstić information content (AvgIpc) is 3.15. The van der Waals surface area contributed by atoms with Crippen LogP contribution in [0.4, 0.5) is 5.69 Å². The van der Waals surface area contributed by atoms with Crippen LogP contribution in [0.2, 0.25) is 5.02 Å². The second kappa shape index (κ2) is 9.58. The minimum Gasteiger partial charge on any atom is -0.372 e. The lowest BCUT2D eigenvalue weighted by Crippen LogP contribution is -2.21. The van der Waals surface area contributed by atoms with E-state index in [0.717, 1.165) is 34.6 Å². The van der Waals surface area contributed by atoms with Crippen molar-refractivity contribution in [3.8, 4) is 0 Å². The van der Waals surface area contributed by atoms with E-state index in [9.17, 15) is 0 Å². The molecule has 0 radical (unpaired) electrons. The van der Waals surface area contributed by atoms with Gasteiger partial charge in [0.05, 0.1) is 6.21 Å². The number of halogens is 1. The van der Waals surface area contributed by atoms with E-state index in [2.05, 4.69) is 58.3 Å². The van der Waals surface area contributed by atoms with Gasteiger partial charge in [0.1, 0.15) is 6.33 Å². The fourth-order valence-corrected chi connectivity index (χ4v) is 3.56. The SMILES string of the molecule is CCN(CC)c1ccc(/C=N/n2cnnc2SCc2ccc(Cl)cc2)cc1. The molecule has 0 aliphatic carbocycles. The summed E-state index contributed by atoms with van der Waals surface area (Å²) in [6.07, 6.45) is 3.44. The molecule has 1 aromatic heterocycles. The molecule has 0 fully saturated rings. The molecule has 0 saturated heterocycles. The van der Waals surface area contributed by atoms with Crippen LogP contribution >= 0.6 is 23.4 Å². The lowest BCUT2D eigenvalue weighted by molar-refractivity contribution is 0.767. The molecule has 0 amide bonds. The highest BCUT2D eigenvalue weighted by Gasteiger charge is 2.05. The van der Waals surface area contributed by atoms with Gasteiger partial charge in [-0.25, -0.2) is 0 Å². The first-order valence-corrected chi connectivity index (χ1v) is 10.2. The molecule has 0 aliphatic rings. The predicted molar refractivity (Wildman–Crippen MR) is 114 cm³/mol. The summed E-state index contributed by atoms with van der Waals surface area (Å²) < 4.78 is 1.69. The Hall–Kier alpha value is -2.31. The second-order valence-corrected chi connectivity index (χ2v) is 7.26. The summed E-state index contributed by atoms with van der Waals surface area (Å²) >= 11 is 7.51. The molecule has 3 aromatic rings. The molecular formula is C20H22ClN5S. The van der Waals surface area contributed by atoms with E-state index < -0.39 is 0 Å². The number of aromatic nitrogens is 3. The number of rotatable bonds is 8. The molecule has 1 heterocycles. The number of hydrogen-bond acceptors (Lipinski definition) is 5. The molecule has 2 aromatic carbocycles. The summed E-state index contributed by atoms with van der Waals surface area (Å²) in [7, 11) is 0. The lowest BCUT2D eigenvalue weighted by atomic mass is 10.2. The van der Waals surface area contributed by atoms with Crippen molar-refractivity contribution >= 4 is 35.3 Å². The van der Waals surface area contributed by atoms with Crippen molar-refractivity contribution in [3.05, 3.63) is 71.0 Å². The van der Waals surface area contributed by atoms with E-state index in [1.54, 1.807) is 22.8 Å². The molecule has 5 nitrogen and oxygen atoms in total. The minimum absolute atomic E-state index is 0.739. The maximum Gasteiger partial charge on any atom is 0.212 e. The van der Waals surface area contributed by atoms with Crippen LogP contribution in [-0.2, 0) is 5.75 Å². The van der Waals surface area contributed by atoms with E-state index in [0.29, 0.717) is 0 Å². The van der Waals surface area contributed by atoms with Crippen molar-refractivity contribution in [2.45, 2.75) is 24.8 Å². The van der Waals surface area contributed by atoms with Gasteiger partial charge in [0.2, 0.25) is 5.16 Å². The Morgan fingerprint density at radius 3 is 2.44 bits per heavy atom. The van der Waals surface area contributed by atoms with Crippen LogP contribution in [0.3, 0.4) is 0 Å². The van der Waals surface area contributed by atoms with Crippen LogP contribution in [-0.4, -0.2) is 34.2 Å². The van der Waals surface area contributed by atoms with Crippen LogP contribution in [0.5, 0.6) is 0 Å². The molecular weight excluding hydrogens is 378 g/mol. The normalized spacial score (nSPS) is 11.2. The van der Waals surface area contributed by atoms with Gasteiger partial charge in [0.25, 0.3) is 0 Å². The van der Waals surface area contributed by atoms with Crippen molar-refractivity contribution in [2.24, 2.45) is 5.10 Å². The van der Waals surface area contributed by atoms with Crippen molar-refractivity contribution in [3.63, 3.8) is 0 Å². The van der Waals surface area contributed by atoms with Crippen LogP contribution < -0.4 is 4.90 Å². The molecule has 140 valence electrons. The third-order valence-corrected chi connectivity index (χ3v) is 5.39. The molecule has 0 aliphatic heterocycles. The summed E-state index contributed by atoms with van der Waals surface area (Å²) in [5, 5.41) is 14.1. The molecule has 0 bridgehead atoms. The third-order valence-electron chi connectivity index (χ3n) is 4.13. The minimum atomic E-state index is 0.739. The summed E-state index contributed by atoms with van der Waals surface area (Å²) in [5.74, 6) is 0.782. The van der Waals surface area contributed by atoms with Gasteiger partial charge >= 0.3 is 0 Å². The van der Waals surface area contributed by atoms with Crippen molar-refractivity contribution in [2.75, 3.05) is 18.0 Å². The van der Waals surface area contributed by atoms with Gasteiger partial charge in [-0.3, -0.25) is 0 Å². The van der Waals surface area contributed by atoms with E-state index >= 15 is 0 Å². The maximum absolute atomic E-state index is 5.92. The zero-order valence-electron chi connectivity index (χ0n) is 15.4. The van der Waals surface area contributed by atoms with Crippen molar-refractivity contribution in [1.82, 2.24) is 14.9 Å². The quantitative estimate of drug-likeness (QED) is 0.397. The predicted octanol–water partition coefficient (Wildman–Crippen LogP) is 4.95. The Morgan fingerprint density at radius 2 is 1.78 bits per heavy atom. The molecule has 0 N–H and O–H groups in total. The first-order valence-electron chi connectivity index (χ1n) is 8.86. The fraction of sp³-hybridized carbons (Fsp3) is 0.250. The Morgan fingerprint density at radius 1 is 1.07 bits per heavy atom. The van der Waals surface area contributed by atoms with Gasteiger partial charge in [-0.1, -0.05) is 47.6 Å². The highest BCUT2D eigenvalue weighted by molar-refractivity contribution is 7.98. The molecule has 0 unspecified atom stereocenters. The van der Waals surface area contributed by atoms with E-state index in [1.807, 2.05) is 30.5 Å². The standard InChI is InChI=1S/C20H22ClN5S/c1-3-25(4-2)19-11-7-16(8-12-19)13-23-26-15-22-24-20(26)27-14-17-5-9-18(21)10-6-17/h5-13,15H,3-4,14H2,1-2H3/b23-13+. The third kappa shape index (κ3) is 5.34. The van der Waals surface area contributed by atoms with Gasteiger partial charge in [0, 0.05) is 29.6 Å². The first-order chi connectivity index (χ1) is 13.2. The van der Waals surface area contributed by atoms with Crippen molar-refractivity contribution < 1.29 is 0 Å². The zero-order valence-corrected chi connectivity index (χ0v) is 17.0. The van der Waals surface area contributed by atoms with Crippen LogP contribution in [0.1, 0.15) is 25.0 Å².